The van der Waals surface area contributed by atoms with E-state index in [-0.39, 0.29) is 12.3 Å². The van der Waals surface area contributed by atoms with Crippen LogP contribution >= 0.6 is 39.1 Å². The number of benzene rings is 1. The number of hydrazine groups is 1. The Hall–Kier alpha value is -1.50. The Labute approximate surface area is 152 Å². The van der Waals surface area contributed by atoms with Crippen LogP contribution in [0.5, 0.6) is 0 Å². The molecule has 0 aliphatic rings. The Kier molecular flexibility index (Phi) is 6.10. The number of aryl methyl sites for hydroxylation is 2. The number of nitrogens with one attached hydrogen (secondary N) is 2. The second-order valence-corrected chi connectivity index (χ2v) is 6.65. The minimum Gasteiger partial charge on any atom is -0.345 e. The van der Waals surface area contributed by atoms with Crippen molar-refractivity contribution in [2.24, 2.45) is 7.05 Å². The van der Waals surface area contributed by atoms with E-state index in [4.69, 9.17) is 23.2 Å². The maximum absolute atomic E-state index is 11.9. The number of nitrogens with zero attached hydrogens (tertiary/aromatic N) is 1. The van der Waals surface area contributed by atoms with Gasteiger partial charge in [-0.2, -0.15) is 0 Å². The summed E-state index contributed by atoms with van der Waals surface area (Å²) in [5.74, 6) is -0.700. The Balaban J connectivity index is 1.83. The molecular formula is C15H14BrCl2N3O2. The van der Waals surface area contributed by atoms with E-state index in [1.807, 2.05) is 0 Å². The Morgan fingerprint density at radius 1 is 1.22 bits per heavy atom. The predicted octanol–water partition coefficient (Wildman–Crippen LogP) is 3.49. The molecule has 0 radical (unpaired) electrons. The summed E-state index contributed by atoms with van der Waals surface area (Å²) < 4.78 is 2.44. The van der Waals surface area contributed by atoms with Gasteiger partial charge in [0, 0.05) is 34.2 Å². The third kappa shape index (κ3) is 4.99. The van der Waals surface area contributed by atoms with Crippen molar-refractivity contribution in [1.29, 1.82) is 0 Å². The molecule has 122 valence electrons. The van der Waals surface area contributed by atoms with Gasteiger partial charge in [-0.1, -0.05) is 29.3 Å². The highest BCUT2D eigenvalue weighted by Crippen LogP contribution is 2.22. The average molecular weight is 419 g/mol. The molecule has 2 amide bonds. The molecule has 0 atom stereocenters. The van der Waals surface area contributed by atoms with Crippen LogP contribution in [0.3, 0.4) is 0 Å². The van der Waals surface area contributed by atoms with Crippen molar-refractivity contribution in [2.45, 2.75) is 12.8 Å². The van der Waals surface area contributed by atoms with E-state index < -0.39 is 5.91 Å². The van der Waals surface area contributed by atoms with Crippen LogP contribution in [0.4, 0.5) is 0 Å². The van der Waals surface area contributed by atoms with Crippen molar-refractivity contribution in [3.05, 3.63) is 56.2 Å². The first-order valence-electron chi connectivity index (χ1n) is 6.72. The fourth-order valence-electron chi connectivity index (χ4n) is 1.98. The summed E-state index contributed by atoms with van der Waals surface area (Å²) in [5, 5.41) is 1.06. The van der Waals surface area contributed by atoms with Gasteiger partial charge in [-0.05, 0) is 46.1 Å². The van der Waals surface area contributed by atoms with Gasteiger partial charge in [0.25, 0.3) is 5.91 Å². The van der Waals surface area contributed by atoms with Crippen molar-refractivity contribution in [2.75, 3.05) is 0 Å². The smallest absolute Gasteiger partial charge is 0.286 e. The van der Waals surface area contributed by atoms with E-state index in [1.165, 1.54) is 0 Å². The lowest BCUT2D eigenvalue weighted by atomic mass is 10.1. The molecule has 0 bridgehead atoms. The fourth-order valence-corrected chi connectivity index (χ4v) is 3.00. The lowest BCUT2D eigenvalue weighted by Gasteiger charge is -2.08. The molecular weight excluding hydrogens is 405 g/mol. The summed E-state index contributed by atoms with van der Waals surface area (Å²) in [5.41, 5.74) is 6.01. The number of amides is 2. The number of rotatable bonds is 4. The zero-order valence-electron chi connectivity index (χ0n) is 12.2. The van der Waals surface area contributed by atoms with Crippen LogP contribution < -0.4 is 10.9 Å². The number of carbonyl (C=O) groups is 2. The molecule has 23 heavy (non-hydrogen) atoms. The third-order valence-electron chi connectivity index (χ3n) is 3.16. The second kappa shape index (κ2) is 7.86. The summed E-state index contributed by atoms with van der Waals surface area (Å²) in [6.07, 6.45) is 2.39. The number of hydrogen-bond acceptors (Lipinski definition) is 2. The van der Waals surface area contributed by atoms with Gasteiger partial charge in [0.15, 0.2) is 0 Å². The molecule has 2 aromatic rings. The van der Waals surface area contributed by atoms with Gasteiger partial charge in [0.1, 0.15) is 5.69 Å². The summed E-state index contributed by atoms with van der Waals surface area (Å²) in [7, 11) is 1.74. The molecule has 0 fully saturated rings. The zero-order chi connectivity index (χ0) is 17.0. The van der Waals surface area contributed by atoms with Crippen molar-refractivity contribution in [3.8, 4) is 0 Å². The molecule has 2 rings (SSSR count). The van der Waals surface area contributed by atoms with Gasteiger partial charge in [0.2, 0.25) is 5.91 Å². The quantitative estimate of drug-likeness (QED) is 0.746. The summed E-state index contributed by atoms with van der Waals surface area (Å²) in [4.78, 5) is 23.8. The van der Waals surface area contributed by atoms with Gasteiger partial charge in [-0.25, -0.2) is 0 Å². The molecule has 8 heteroatoms. The van der Waals surface area contributed by atoms with Crippen molar-refractivity contribution in [1.82, 2.24) is 15.4 Å². The molecule has 1 heterocycles. The molecule has 0 aliphatic heterocycles. The lowest BCUT2D eigenvalue weighted by molar-refractivity contribution is -0.121. The van der Waals surface area contributed by atoms with Crippen LogP contribution in [-0.2, 0) is 18.3 Å². The van der Waals surface area contributed by atoms with Gasteiger partial charge < -0.3 is 4.57 Å². The number of hydrogen-bond donors (Lipinski definition) is 2. The molecule has 0 saturated carbocycles. The van der Waals surface area contributed by atoms with Crippen molar-refractivity contribution >= 4 is 50.9 Å². The normalized spacial score (nSPS) is 10.4. The van der Waals surface area contributed by atoms with Crippen LogP contribution in [0.15, 0.2) is 34.9 Å². The Morgan fingerprint density at radius 3 is 2.57 bits per heavy atom. The Bertz CT molecular complexity index is 746. The summed E-state index contributed by atoms with van der Waals surface area (Å²) in [6.45, 7) is 0. The minimum atomic E-state index is -0.393. The predicted molar refractivity (Wildman–Crippen MR) is 93.5 cm³/mol. The van der Waals surface area contributed by atoms with E-state index >= 15 is 0 Å². The molecule has 1 aromatic carbocycles. The minimum absolute atomic E-state index is 0.193. The summed E-state index contributed by atoms with van der Waals surface area (Å²) in [6, 6.07) is 6.79. The molecule has 5 nitrogen and oxygen atoms in total. The maximum Gasteiger partial charge on any atom is 0.286 e. The number of aromatic nitrogens is 1. The molecule has 0 aliphatic carbocycles. The van der Waals surface area contributed by atoms with Gasteiger partial charge in [-0.3, -0.25) is 20.4 Å². The van der Waals surface area contributed by atoms with Crippen LogP contribution in [0.1, 0.15) is 22.5 Å². The van der Waals surface area contributed by atoms with Crippen molar-refractivity contribution < 1.29 is 9.59 Å². The highest BCUT2D eigenvalue weighted by atomic mass is 79.9. The topological polar surface area (TPSA) is 63.1 Å². The zero-order valence-corrected chi connectivity index (χ0v) is 15.3. The van der Waals surface area contributed by atoms with Gasteiger partial charge in [-0.15, -0.1) is 0 Å². The summed E-state index contributed by atoms with van der Waals surface area (Å²) >= 11 is 15.2. The van der Waals surface area contributed by atoms with Gasteiger partial charge in [0.05, 0.1) is 0 Å². The standard InChI is InChI=1S/C15H14BrCl2N3O2/c1-21-8-10(16)6-13(21)15(23)20-19-14(22)5-3-9-2-4-11(17)7-12(9)18/h2,4,6-8H,3,5H2,1H3,(H,19,22)(H,20,23). The molecule has 0 saturated heterocycles. The van der Waals surface area contributed by atoms with E-state index in [9.17, 15) is 9.59 Å². The maximum atomic E-state index is 11.9. The highest BCUT2D eigenvalue weighted by Gasteiger charge is 2.12. The van der Waals surface area contributed by atoms with Gasteiger partial charge >= 0.3 is 0 Å². The van der Waals surface area contributed by atoms with E-state index in [0.29, 0.717) is 22.2 Å². The second-order valence-electron chi connectivity index (χ2n) is 4.89. The van der Waals surface area contributed by atoms with E-state index in [1.54, 1.807) is 42.1 Å². The van der Waals surface area contributed by atoms with E-state index in [2.05, 4.69) is 26.8 Å². The number of halogens is 3. The first kappa shape index (κ1) is 17.8. The van der Waals surface area contributed by atoms with Crippen LogP contribution in [0, 0.1) is 0 Å². The van der Waals surface area contributed by atoms with Crippen LogP contribution in [0.25, 0.3) is 0 Å². The lowest BCUT2D eigenvalue weighted by Crippen LogP contribution is -2.42. The van der Waals surface area contributed by atoms with Crippen LogP contribution in [-0.4, -0.2) is 16.4 Å². The molecule has 1 aromatic heterocycles. The molecule has 0 spiro atoms. The average Bonchev–Trinajstić information content (AvgIpc) is 2.82. The van der Waals surface area contributed by atoms with Crippen molar-refractivity contribution in [3.63, 3.8) is 0 Å². The molecule has 0 unspecified atom stereocenters. The molecule has 2 N–H and O–H groups in total. The first-order valence-corrected chi connectivity index (χ1v) is 8.26. The first-order chi connectivity index (χ1) is 10.9. The highest BCUT2D eigenvalue weighted by molar-refractivity contribution is 9.10. The SMILES string of the molecule is Cn1cc(Br)cc1C(=O)NNC(=O)CCc1ccc(Cl)cc1Cl. The third-order valence-corrected chi connectivity index (χ3v) is 4.18. The Morgan fingerprint density at radius 2 is 1.96 bits per heavy atom. The monoisotopic (exact) mass is 417 g/mol. The largest absolute Gasteiger partial charge is 0.345 e. The number of carbonyl (C=O) groups excluding carboxylic acids is 2. The van der Waals surface area contributed by atoms with Crippen LogP contribution in [0.2, 0.25) is 10.0 Å². The van der Waals surface area contributed by atoms with E-state index in [0.717, 1.165) is 10.0 Å². The fraction of sp³-hybridized carbons (Fsp3) is 0.200.